The van der Waals surface area contributed by atoms with E-state index in [1.54, 1.807) is 11.3 Å². The Hall–Kier alpha value is -1.85. The molecule has 0 atom stereocenters. The van der Waals surface area contributed by atoms with Crippen molar-refractivity contribution in [1.82, 2.24) is 5.32 Å². The van der Waals surface area contributed by atoms with E-state index in [-0.39, 0.29) is 11.3 Å². The first-order chi connectivity index (χ1) is 10.0. The van der Waals surface area contributed by atoms with Gasteiger partial charge in [0.25, 0.3) is 0 Å². The fourth-order valence-corrected chi connectivity index (χ4v) is 2.97. The molecule has 2 aromatic rings. The molecule has 0 saturated heterocycles. The molecule has 0 aliphatic rings. The van der Waals surface area contributed by atoms with Crippen molar-refractivity contribution in [3.63, 3.8) is 0 Å². The van der Waals surface area contributed by atoms with Crippen LogP contribution >= 0.6 is 11.3 Å². The predicted molar refractivity (Wildman–Crippen MR) is 88.0 cm³/mol. The molecule has 0 aliphatic carbocycles. The molecule has 0 saturated carbocycles. The van der Waals surface area contributed by atoms with Crippen LogP contribution in [-0.4, -0.2) is 17.6 Å². The molecular formula is C16H21N3OS. The van der Waals surface area contributed by atoms with Gasteiger partial charge >= 0.3 is 0 Å². The lowest BCUT2D eigenvalue weighted by atomic mass is 9.91. The maximum Gasteiger partial charge on any atom is 0.170 e. The lowest BCUT2D eigenvalue weighted by Gasteiger charge is -2.23. The van der Waals surface area contributed by atoms with Crippen LogP contribution in [0.25, 0.3) is 0 Å². The zero-order chi connectivity index (χ0) is 15.3. The molecular weight excluding hydrogens is 282 g/mol. The smallest absolute Gasteiger partial charge is 0.170 e. The fourth-order valence-electron chi connectivity index (χ4n) is 2.12. The number of amidine groups is 1. The van der Waals surface area contributed by atoms with Crippen LogP contribution in [0.4, 0.5) is 0 Å². The summed E-state index contributed by atoms with van der Waals surface area (Å²) < 4.78 is 0. The molecule has 4 nitrogen and oxygen atoms in total. The SMILES string of the molecule is CC(C)(CNCc1ccc(/C(N)=N/O)cc1)c1cccs1. The molecule has 1 aromatic carbocycles. The summed E-state index contributed by atoms with van der Waals surface area (Å²) in [5, 5.41) is 17.2. The van der Waals surface area contributed by atoms with Gasteiger partial charge in [-0.25, -0.2) is 0 Å². The molecule has 2 rings (SSSR count). The molecule has 0 fully saturated rings. The third-order valence-corrected chi connectivity index (χ3v) is 4.68. The van der Waals surface area contributed by atoms with Gasteiger partial charge in [0.05, 0.1) is 0 Å². The Labute approximate surface area is 129 Å². The highest BCUT2D eigenvalue weighted by molar-refractivity contribution is 7.10. The van der Waals surface area contributed by atoms with Crippen molar-refractivity contribution < 1.29 is 5.21 Å². The third-order valence-electron chi connectivity index (χ3n) is 3.44. The number of benzene rings is 1. The second-order valence-corrected chi connectivity index (χ2v) is 6.59. The van der Waals surface area contributed by atoms with Gasteiger partial charge < -0.3 is 16.3 Å². The van der Waals surface area contributed by atoms with E-state index in [1.165, 1.54) is 10.4 Å². The number of thiophene rings is 1. The number of hydrogen-bond acceptors (Lipinski definition) is 4. The minimum absolute atomic E-state index is 0.127. The summed E-state index contributed by atoms with van der Waals surface area (Å²) in [5.74, 6) is 0.133. The molecule has 5 heteroatoms. The van der Waals surface area contributed by atoms with E-state index in [0.29, 0.717) is 0 Å². The molecule has 0 unspecified atom stereocenters. The van der Waals surface area contributed by atoms with Crippen LogP contribution in [0.5, 0.6) is 0 Å². The maximum atomic E-state index is 8.63. The summed E-state index contributed by atoms with van der Waals surface area (Å²) in [5.41, 5.74) is 7.56. The van der Waals surface area contributed by atoms with E-state index in [1.807, 2.05) is 24.3 Å². The van der Waals surface area contributed by atoms with Crippen molar-refractivity contribution in [3.05, 3.63) is 57.8 Å². The molecule has 21 heavy (non-hydrogen) atoms. The predicted octanol–water partition coefficient (Wildman–Crippen LogP) is 2.91. The van der Waals surface area contributed by atoms with E-state index in [0.717, 1.165) is 18.7 Å². The number of nitrogens with one attached hydrogen (secondary N) is 1. The van der Waals surface area contributed by atoms with Gasteiger partial charge in [-0.05, 0) is 17.0 Å². The van der Waals surface area contributed by atoms with Crippen LogP contribution in [0.3, 0.4) is 0 Å². The largest absolute Gasteiger partial charge is 0.409 e. The average molecular weight is 303 g/mol. The van der Waals surface area contributed by atoms with Crippen molar-refractivity contribution in [2.45, 2.75) is 25.8 Å². The zero-order valence-electron chi connectivity index (χ0n) is 12.3. The lowest BCUT2D eigenvalue weighted by Crippen LogP contribution is -2.31. The summed E-state index contributed by atoms with van der Waals surface area (Å²) >= 11 is 1.79. The number of oxime groups is 1. The quantitative estimate of drug-likeness (QED) is 0.332. The van der Waals surface area contributed by atoms with Gasteiger partial charge in [-0.3, -0.25) is 0 Å². The van der Waals surface area contributed by atoms with Crippen molar-refractivity contribution >= 4 is 17.2 Å². The Morgan fingerprint density at radius 2 is 2.00 bits per heavy atom. The van der Waals surface area contributed by atoms with Crippen molar-refractivity contribution in [3.8, 4) is 0 Å². The molecule has 0 bridgehead atoms. The average Bonchev–Trinajstić information content (AvgIpc) is 3.02. The van der Waals surface area contributed by atoms with Crippen LogP contribution in [-0.2, 0) is 12.0 Å². The van der Waals surface area contributed by atoms with Crippen molar-refractivity contribution in [2.75, 3.05) is 6.54 Å². The van der Waals surface area contributed by atoms with E-state index in [9.17, 15) is 0 Å². The van der Waals surface area contributed by atoms with Gasteiger partial charge in [0.2, 0.25) is 0 Å². The first kappa shape index (κ1) is 15.5. The molecule has 4 N–H and O–H groups in total. The number of nitrogens with zero attached hydrogens (tertiary/aromatic N) is 1. The maximum absolute atomic E-state index is 8.63. The molecule has 0 amide bonds. The minimum Gasteiger partial charge on any atom is -0.409 e. The van der Waals surface area contributed by atoms with Gasteiger partial charge in [-0.2, -0.15) is 0 Å². The van der Waals surface area contributed by atoms with Crippen molar-refractivity contribution in [2.24, 2.45) is 10.9 Å². The Bertz CT molecular complexity index is 588. The topological polar surface area (TPSA) is 70.6 Å². The van der Waals surface area contributed by atoms with Gasteiger partial charge in [0.15, 0.2) is 5.84 Å². The molecule has 0 radical (unpaired) electrons. The van der Waals surface area contributed by atoms with Gasteiger partial charge in [0.1, 0.15) is 0 Å². The van der Waals surface area contributed by atoms with Crippen LogP contribution in [0.1, 0.15) is 29.9 Å². The Morgan fingerprint density at radius 3 is 2.57 bits per heavy atom. The monoisotopic (exact) mass is 303 g/mol. The fraction of sp³-hybridized carbons (Fsp3) is 0.312. The van der Waals surface area contributed by atoms with Crippen LogP contribution in [0, 0.1) is 0 Å². The summed E-state index contributed by atoms with van der Waals surface area (Å²) in [6.45, 7) is 6.20. The second kappa shape index (κ2) is 6.74. The summed E-state index contributed by atoms with van der Waals surface area (Å²) in [4.78, 5) is 1.39. The van der Waals surface area contributed by atoms with Crippen LogP contribution < -0.4 is 11.1 Å². The molecule has 0 spiro atoms. The Morgan fingerprint density at radius 1 is 1.29 bits per heavy atom. The highest BCUT2D eigenvalue weighted by Gasteiger charge is 2.20. The molecule has 112 valence electrons. The van der Waals surface area contributed by atoms with E-state index < -0.39 is 0 Å². The van der Waals surface area contributed by atoms with E-state index in [2.05, 4.69) is 41.8 Å². The summed E-state index contributed by atoms with van der Waals surface area (Å²) in [6.07, 6.45) is 0. The molecule has 1 heterocycles. The minimum atomic E-state index is 0.127. The molecule has 0 aliphatic heterocycles. The van der Waals surface area contributed by atoms with Crippen LogP contribution in [0.2, 0.25) is 0 Å². The standard InChI is InChI=1S/C16H21N3OS/c1-16(2,14-4-3-9-21-14)11-18-10-12-5-7-13(8-6-12)15(17)19-20/h3-9,18,20H,10-11H2,1-2H3,(H2,17,19). The number of nitrogens with two attached hydrogens (primary N) is 1. The highest BCUT2D eigenvalue weighted by Crippen LogP contribution is 2.26. The third kappa shape index (κ3) is 4.06. The van der Waals surface area contributed by atoms with Crippen LogP contribution in [0.15, 0.2) is 46.9 Å². The zero-order valence-corrected chi connectivity index (χ0v) is 13.2. The summed E-state index contributed by atoms with van der Waals surface area (Å²) in [6, 6.07) is 12.0. The van der Waals surface area contributed by atoms with Crippen molar-refractivity contribution in [1.29, 1.82) is 0 Å². The van der Waals surface area contributed by atoms with Gasteiger partial charge in [-0.1, -0.05) is 49.3 Å². The van der Waals surface area contributed by atoms with Gasteiger partial charge in [0, 0.05) is 28.9 Å². The number of rotatable bonds is 6. The normalized spacial score (nSPS) is 12.6. The Balaban J connectivity index is 1.89. The number of hydrogen-bond donors (Lipinski definition) is 3. The van der Waals surface area contributed by atoms with Gasteiger partial charge in [-0.15, -0.1) is 11.3 Å². The lowest BCUT2D eigenvalue weighted by molar-refractivity contribution is 0.318. The Kier molecular flexibility index (Phi) is 4.98. The van der Waals surface area contributed by atoms with E-state index >= 15 is 0 Å². The second-order valence-electron chi connectivity index (χ2n) is 5.65. The first-order valence-corrected chi connectivity index (χ1v) is 7.72. The van der Waals surface area contributed by atoms with E-state index in [4.69, 9.17) is 10.9 Å². The summed E-state index contributed by atoms with van der Waals surface area (Å²) in [7, 11) is 0. The molecule has 1 aromatic heterocycles. The first-order valence-electron chi connectivity index (χ1n) is 6.84. The highest BCUT2D eigenvalue weighted by atomic mass is 32.1.